The Morgan fingerprint density at radius 1 is 1.29 bits per heavy atom. The van der Waals surface area contributed by atoms with Crippen LogP contribution in [0.2, 0.25) is 0 Å². The maximum atomic E-state index is 12.0. The molecule has 0 aliphatic carbocycles. The van der Waals surface area contributed by atoms with E-state index >= 15 is 0 Å². The number of urea groups is 1. The lowest BCUT2D eigenvalue weighted by Crippen LogP contribution is -3.14. The second-order valence-electron chi connectivity index (χ2n) is 4.39. The standard InChI is InChI=1S/C13H19N3O/c1-2-15-8-10-16(11-9-15)13(17)14-12-6-4-3-5-7-12/h3-7H,2,8-11H2,1H3,(H,14,17)/p+1. The van der Waals surface area contributed by atoms with E-state index in [2.05, 4.69) is 12.2 Å². The molecule has 0 saturated carbocycles. The van der Waals surface area contributed by atoms with Crippen molar-refractivity contribution in [1.82, 2.24) is 4.90 Å². The van der Waals surface area contributed by atoms with Crippen LogP contribution in [0.25, 0.3) is 0 Å². The first-order valence-corrected chi connectivity index (χ1v) is 6.24. The molecular weight excluding hydrogens is 214 g/mol. The maximum Gasteiger partial charge on any atom is 0.322 e. The first-order chi connectivity index (χ1) is 8.29. The van der Waals surface area contributed by atoms with Gasteiger partial charge >= 0.3 is 6.03 Å². The van der Waals surface area contributed by atoms with Crippen LogP contribution in [0.15, 0.2) is 30.3 Å². The van der Waals surface area contributed by atoms with Crippen LogP contribution in [-0.4, -0.2) is 43.7 Å². The molecule has 17 heavy (non-hydrogen) atoms. The van der Waals surface area contributed by atoms with Gasteiger partial charge in [0.25, 0.3) is 0 Å². The van der Waals surface area contributed by atoms with Crippen molar-refractivity contribution >= 4 is 11.7 Å². The number of piperazine rings is 1. The maximum absolute atomic E-state index is 12.0. The molecule has 2 N–H and O–H groups in total. The number of nitrogens with one attached hydrogen (secondary N) is 2. The van der Waals surface area contributed by atoms with E-state index in [9.17, 15) is 4.79 Å². The van der Waals surface area contributed by atoms with Gasteiger partial charge in [0.2, 0.25) is 0 Å². The lowest BCUT2D eigenvalue weighted by atomic mass is 10.3. The van der Waals surface area contributed by atoms with Gasteiger partial charge in [-0.2, -0.15) is 0 Å². The van der Waals surface area contributed by atoms with Crippen molar-refractivity contribution in [3.05, 3.63) is 30.3 Å². The summed E-state index contributed by atoms with van der Waals surface area (Å²) >= 11 is 0. The van der Waals surface area contributed by atoms with E-state index in [1.54, 1.807) is 4.90 Å². The minimum absolute atomic E-state index is 0.0198. The number of nitrogens with zero attached hydrogens (tertiary/aromatic N) is 1. The Morgan fingerprint density at radius 3 is 2.53 bits per heavy atom. The van der Waals surface area contributed by atoms with E-state index in [-0.39, 0.29) is 6.03 Å². The van der Waals surface area contributed by atoms with Gasteiger partial charge < -0.3 is 15.1 Å². The highest BCUT2D eigenvalue weighted by atomic mass is 16.2. The van der Waals surface area contributed by atoms with Crippen LogP contribution in [0.4, 0.5) is 10.5 Å². The molecule has 1 aliphatic heterocycles. The van der Waals surface area contributed by atoms with Crippen molar-refractivity contribution in [2.75, 3.05) is 38.0 Å². The summed E-state index contributed by atoms with van der Waals surface area (Å²) in [4.78, 5) is 15.4. The molecule has 1 heterocycles. The largest absolute Gasteiger partial charge is 0.332 e. The van der Waals surface area contributed by atoms with Crippen molar-refractivity contribution in [2.24, 2.45) is 0 Å². The quantitative estimate of drug-likeness (QED) is 0.765. The highest BCUT2D eigenvalue weighted by Crippen LogP contribution is 2.06. The van der Waals surface area contributed by atoms with Gasteiger partial charge in [-0.05, 0) is 19.1 Å². The number of para-hydroxylation sites is 1. The minimum Gasteiger partial charge on any atom is -0.332 e. The Balaban J connectivity index is 1.85. The third kappa shape index (κ3) is 3.20. The van der Waals surface area contributed by atoms with E-state index in [4.69, 9.17) is 0 Å². The van der Waals surface area contributed by atoms with Gasteiger partial charge in [-0.15, -0.1) is 0 Å². The first kappa shape index (κ1) is 11.9. The highest BCUT2D eigenvalue weighted by Gasteiger charge is 2.22. The van der Waals surface area contributed by atoms with Gasteiger partial charge in [-0.25, -0.2) is 4.79 Å². The van der Waals surface area contributed by atoms with Crippen molar-refractivity contribution in [3.8, 4) is 0 Å². The van der Waals surface area contributed by atoms with Crippen LogP contribution in [-0.2, 0) is 0 Å². The molecule has 2 amide bonds. The van der Waals surface area contributed by atoms with Crippen LogP contribution < -0.4 is 10.2 Å². The van der Waals surface area contributed by atoms with Gasteiger partial charge in [0.05, 0.1) is 32.7 Å². The molecule has 2 rings (SSSR count). The second-order valence-corrected chi connectivity index (χ2v) is 4.39. The minimum atomic E-state index is 0.0198. The van der Waals surface area contributed by atoms with Gasteiger partial charge in [0.15, 0.2) is 0 Å². The molecule has 1 aromatic carbocycles. The summed E-state index contributed by atoms with van der Waals surface area (Å²) < 4.78 is 0. The molecule has 1 aromatic rings. The lowest BCUT2D eigenvalue weighted by molar-refractivity contribution is -0.902. The molecule has 1 aliphatic rings. The van der Waals surface area contributed by atoms with Gasteiger partial charge in [-0.3, -0.25) is 0 Å². The summed E-state index contributed by atoms with van der Waals surface area (Å²) in [6.07, 6.45) is 0. The SMILES string of the molecule is CC[NH+]1CCN(C(=O)Nc2ccccc2)CC1. The zero-order valence-electron chi connectivity index (χ0n) is 10.3. The Bertz CT molecular complexity index is 358. The Morgan fingerprint density at radius 2 is 1.94 bits per heavy atom. The van der Waals surface area contributed by atoms with Crippen LogP contribution >= 0.6 is 0 Å². The molecule has 0 bridgehead atoms. The zero-order chi connectivity index (χ0) is 12.1. The van der Waals surface area contributed by atoms with E-state index in [0.29, 0.717) is 0 Å². The molecule has 0 radical (unpaired) electrons. The van der Waals surface area contributed by atoms with Gasteiger partial charge in [0.1, 0.15) is 0 Å². The summed E-state index contributed by atoms with van der Waals surface area (Å²) in [5.41, 5.74) is 0.864. The van der Waals surface area contributed by atoms with Crippen LogP contribution in [0.5, 0.6) is 0 Å². The molecule has 0 unspecified atom stereocenters. The van der Waals surface area contributed by atoms with Crippen molar-refractivity contribution < 1.29 is 9.69 Å². The molecule has 0 spiro atoms. The van der Waals surface area contributed by atoms with Crippen molar-refractivity contribution in [3.63, 3.8) is 0 Å². The molecule has 1 fully saturated rings. The number of quaternary nitrogens is 1. The monoisotopic (exact) mass is 234 g/mol. The predicted molar refractivity (Wildman–Crippen MR) is 68.3 cm³/mol. The average Bonchev–Trinajstić information content (AvgIpc) is 2.40. The summed E-state index contributed by atoms with van der Waals surface area (Å²) in [7, 11) is 0. The fourth-order valence-electron chi connectivity index (χ4n) is 2.10. The van der Waals surface area contributed by atoms with Crippen LogP contribution in [0.1, 0.15) is 6.92 Å². The molecule has 4 heteroatoms. The van der Waals surface area contributed by atoms with Gasteiger partial charge in [-0.1, -0.05) is 18.2 Å². The molecular formula is C13H20N3O+. The third-order valence-electron chi connectivity index (χ3n) is 3.28. The molecule has 1 saturated heterocycles. The van der Waals surface area contributed by atoms with Crippen LogP contribution in [0, 0.1) is 0 Å². The molecule has 0 aromatic heterocycles. The highest BCUT2D eigenvalue weighted by molar-refractivity contribution is 5.89. The Hall–Kier alpha value is -1.55. The van der Waals surface area contributed by atoms with Crippen molar-refractivity contribution in [1.29, 1.82) is 0 Å². The summed E-state index contributed by atoms with van der Waals surface area (Å²) in [6, 6.07) is 9.63. The van der Waals surface area contributed by atoms with E-state index < -0.39 is 0 Å². The molecule has 0 atom stereocenters. The Kier molecular flexibility index (Phi) is 3.98. The topological polar surface area (TPSA) is 36.8 Å². The normalized spacial score (nSPS) is 16.9. The van der Waals surface area contributed by atoms with Gasteiger partial charge in [0, 0.05) is 5.69 Å². The predicted octanol–water partition coefficient (Wildman–Crippen LogP) is 0.439. The number of hydrogen-bond acceptors (Lipinski definition) is 1. The van der Waals surface area contributed by atoms with E-state index in [0.717, 1.165) is 38.4 Å². The Labute approximate surface area is 102 Å². The number of hydrogen-bond donors (Lipinski definition) is 2. The fraction of sp³-hybridized carbons (Fsp3) is 0.462. The average molecular weight is 234 g/mol. The number of benzene rings is 1. The summed E-state index contributed by atoms with van der Waals surface area (Å²) in [5.74, 6) is 0. The number of likely N-dealkylation sites (N-methyl/N-ethyl adjacent to an activating group) is 1. The number of amides is 2. The molecule has 4 nitrogen and oxygen atoms in total. The van der Waals surface area contributed by atoms with Crippen molar-refractivity contribution in [2.45, 2.75) is 6.92 Å². The second kappa shape index (κ2) is 5.68. The van der Waals surface area contributed by atoms with Crippen LogP contribution in [0.3, 0.4) is 0 Å². The third-order valence-corrected chi connectivity index (χ3v) is 3.28. The number of rotatable bonds is 2. The van der Waals surface area contributed by atoms with E-state index in [1.807, 2.05) is 35.2 Å². The first-order valence-electron chi connectivity index (χ1n) is 6.24. The zero-order valence-corrected chi connectivity index (χ0v) is 10.3. The smallest absolute Gasteiger partial charge is 0.322 e. The number of carbonyl (C=O) groups is 1. The number of carbonyl (C=O) groups excluding carboxylic acids is 1. The number of anilines is 1. The fourth-order valence-corrected chi connectivity index (χ4v) is 2.10. The summed E-state index contributed by atoms with van der Waals surface area (Å²) in [5, 5.41) is 2.92. The summed E-state index contributed by atoms with van der Waals surface area (Å²) in [6.45, 7) is 7.14. The molecule has 92 valence electrons. The van der Waals surface area contributed by atoms with E-state index in [1.165, 1.54) is 0 Å². The lowest BCUT2D eigenvalue weighted by Gasteiger charge is -2.31.